The molecule has 7 nitrogen and oxygen atoms in total. The van der Waals surface area contributed by atoms with E-state index in [1.165, 1.54) is 11.3 Å². The minimum Gasteiger partial charge on any atom is -0.370 e. The van der Waals surface area contributed by atoms with Gasteiger partial charge in [-0.3, -0.25) is 14.4 Å². The molecule has 0 saturated carbocycles. The predicted molar refractivity (Wildman–Crippen MR) is 124 cm³/mol. The lowest BCUT2D eigenvalue weighted by molar-refractivity contribution is -0.125. The maximum absolute atomic E-state index is 13.1. The van der Waals surface area contributed by atoms with Crippen LogP contribution in [0.25, 0.3) is 0 Å². The molecule has 162 valence electrons. The monoisotopic (exact) mass is 467 g/mol. The molecule has 2 aliphatic rings. The zero-order valence-corrected chi connectivity index (χ0v) is 18.4. The number of hydrogen-bond acceptors (Lipinski definition) is 5. The Hall–Kier alpha value is -3.20. The zero-order chi connectivity index (χ0) is 22.2. The van der Waals surface area contributed by atoms with Crippen molar-refractivity contribution in [1.82, 2.24) is 0 Å². The van der Waals surface area contributed by atoms with Crippen LogP contribution in [0.4, 0.5) is 17.1 Å². The number of carbonyl (C=O) groups excluding carboxylic acids is 3. The molecule has 0 bridgehead atoms. The molecule has 1 N–H and O–H groups in total. The number of amides is 3. The van der Waals surface area contributed by atoms with Crippen molar-refractivity contribution in [1.29, 1.82) is 0 Å². The second kappa shape index (κ2) is 8.38. The highest BCUT2D eigenvalue weighted by Crippen LogP contribution is 2.34. The molecule has 0 atom stereocenters. The van der Waals surface area contributed by atoms with Crippen LogP contribution in [0.1, 0.15) is 25.6 Å². The second-order valence-corrected chi connectivity index (χ2v) is 9.11. The number of thiophene rings is 1. The zero-order valence-electron chi connectivity index (χ0n) is 16.8. The smallest absolute Gasteiger partial charge is 0.265 e. The number of morpholine rings is 1. The minimum absolute atomic E-state index is 0.0772. The molecule has 3 aromatic rings. The molecule has 5 rings (SSSR count). The summed E-state index contributed by atoms with van der Waals surface area (Å²) in [6, 6.07) is 16.0. The van der Waals surface area contributed by atoms with Gasteiger partial charge in [-0.25, -0.2) is 0 Å². The molecule has 3 amide bonds. The van der Waals surface area contributed by atoms with Gasteiger partial charge >= 0.3 is 0 Å². The maximum Gasteiger partial charge on any atom is 0.265 e. The first-order valence-corrected chi connectivity index (χ1v) is 11.2. The van der Waals surface area contributed by atoms with E-state index in [4.69, 9.17) is 16.3 Å². The Kier molecular flexibility index (Phi) is 5.42. The van der Waals surface area contributed by atoms with E-state index in [0.29, 0.717) is 40.2 Å². The summed E-state index contributed by atoms with van der Waals surface area (Å²) in [6.45, 7) is 1.42. The van der Waals surface area contributed by atoms with Gasteiger partial charge in [-0.15, -0.1) is 11.3 Å². The van der Waals surface area contributed by atoms with Crippen molar-refractivity contribution in [3.63, 3.8) is 0 Å². The SMILES string of the molecule is O=C(Nc1cccc2c1CN(c1ccc(N3CCOCC3=O)cc1)C2=O)c1ccc(Cl)s1. The number of fused-ring (bicyclic) bond motifs is 1. The Morgan fingerprint density at radius 1 is 1.00 bits per heavy atom. The molecule has 1 fully saturated rings. The van der Waals surface area contributed by atoms with Gasteiger partial charge in [-0.2, -0.15) is 0 Å². The Balaban J connectivity index is 1.37. The molecule has 1 aromatic heterocycles. The van der Waals surface area contributed by atoms with Gasteiger partial charge in [0.05, 0.1) is 22.4 Å². The van der Waals surface area contributed by atoms with Gasteiger partial charge in [0.2, 0.25) is 0 Å². The van der Waals surface area contributed by atoms with Crippen LogP contribution in [-0.2, 0) is 16.1 Å². The van der Waals surface area contributed by atoms with Crippen molar-refractivity contribution in [2.75, 3.05) is 34.9 Å². The van der Waals surface area contributed by atoms with E-state index in [-0.39, 0.29) is 24.3 Å². The first-order valence-electron chi connectivity index (χ1n) is 10.00. The minimum atomic E-state index is -0.263. The van der Waals surface area contributed by atoms with Crippen LogP contribution in [0.3, 0.4) is 0 Å². The summed E-state index contributed by atoms with van der Waals surface area (Å²) in [5.74, 6) is -0.479. The summed E-state index contributed by atoms with van der Waals surface area (Å²) in [5, 5.41) is 2.90. The van der Waals surface area contributed by atoms with Gasteiger partial charge in [-0.05, 0) is 48.5 Å². The van der Waals surface area contributed by atoms with Crippen molar-refractivity contribution >= 4 is 57.7 Å². The standard InChI is InChI=1S/C23H18ClN3O4S/c24-20-9-8-19(32-20)22(29)25-18-3-1-2-16-17(18)12-27(23(16)30)15-6-4-14(5-7-15)26-10-11-31-13-21(26)28/h1-9H,10-13H2,(H,25,29). The topological polar surface area (TPSA) is 79.0 Å². The number of halogens is 1. The highest BCUT2D eigenvalue weighted by molar-refractivity contribution is 7.18. The molecular weight excluding hydrogens is 450 g/mol. The molecule has 2 aromatic carbocycles. The molecule has 3 heterocycles. The van der Waals surface area contributed by atoms with Crippen LogP contribution < -0.4 is 15.1 Å². The van der Waals surface area contributed by atoms with Crippen LogP contribution in [0.15, 0.2) is 54.6 Å². The number of rotatable bonds is 4. The summed E-state index contributed by atoms with van der Waals surface area (Å²) < 4.78 is 5.72. The number of benzene rings is 2. The van der Waals surface area contributed by atoms with Crippen molar-refractivity contribution in [2.45, 2.75) is 6.54 Å². The van der Waals surface area contributed by atoms with Gasteiger partial charge in [0, 0.05) is 34.7 Å². The van der Waals surface area contributed by atoms with Crippen LogP contribution in [-0.4, -0.2) is 37.5 Å². The normalized spacial score (nSPS) is 15.8. The summed E-state index contributed by atoms with van der Waals surface area (Å²) in [7, 11) is 0. The van der Waals surface area contributed by atoms with E-state index in [1.54, 1.807) is 40.1 Å². The van der Waals surface area contributed by atoms with Crippen molar-refractivity contribution in [2.24, 2.45) is 0 Å². The fraction of sp³-hybridized carbons (Fsp3) is 0.174. The number of nitrogens with one attached hydrogen (secondary N) is 1. The maximum atomic E-state index is 13.1. The third kappa shape index (κ3) is 3.77. The van der Waals surface area contributed by atoms with Crippen molar-refractivity contribution in [3.8, 4) is 0 Å². The van der Waals surface area contributed by atoms with Gasteiger partial charge in [0.15, 0.2) is 0 Å². The molecule has 0 radical (unpaired) electrons. The summed E-state index contributed by atoms with van der Waals surface area (Å²) in [4.78, 5) is 41.5. The van der Waals surface area contributed by atoms with Crippen LogP contribution in [0.5, 0.6) is 0 Å². The fourth-order valence-corrected chi connectivity index (χ4v) is 4.82. The lowest BCUT2D eigenvalue weighted by atomic mass is 10.1. The fourth-order valence-electron chi connectivity index (χ4n) is 3.88. The van der Waals surface area contributed by atoms with Crippen LogP contribution in [0, 0.1) is 0 Å². The molecule has 9 heteroatoms. The highest BCUT2D eigenvalue weighted by Gasteiger charge is 2.31. The second-order valence-electron chi connectivity index (χ2n) is 7.40. The summed E-state index contributed by atoms with van der Waals surface area (Å²) in [5.41, 5.74) is 3.41. The van der Waals surface area contributed by atoms with Crippen molar-refractivity contribution in [3.05, 3.63) is 74.9 Å². The average molecular weight is 468 g/mol. The molecule has 0 aliphatic carbocycles. The molecule has 0 spiro atoms. The van der Waals surface area contributed by atoms with E-state index in [9.17, 15) is 14.4 Å². The Bertz CT molecular complexity index is 1220. The Morgan fingerprint density at radius 3 is 2.44 bits per heavy atom. The van der Waals surface area contributed by atoms with E-state index in [2.05, 4.69) is 5.32 Å². The molecule has 32 heavy (non-hydrogen) atoms. The third-order valence-corrected chi connectivity index (χ3v) is 6.70. The van der Waals surface area contributed by atoms with Crippen molar-refractivity contribution < 1.29 is 19.1 Å². The molecular formula is C23H18ClN3O4S. The summed E-state index contributed by atoms with van der Waals surface area (Å²) >= 11 is 7.14. The van der Waals surface area contributed by atoms with E-state index in [1.807, 2.05) is 24.3 Å². The number of ether oxygens (including phenoxy) is 1. The number of carbonyl (C=O) groups is 3. The lowest BCUT2D eigenvalue weighted by Crippen LogP contribution is -2.41. The average Bonchev–Trinajstić information content (AvgIpc) is 3.39. The van der Waals surface area contributed by atoms with Gasteiger partial charge in [0.25, 0.3) is 17.7 Å². The van der Waals surface area contributed by atoms with Gasteiger partial charge < -0.3 is 19.9 Å². The van der Waals surface area contributed by atoms with Gasteiger partial charge in [-0.1, -0.05) is 17.7 Å². The van der Waals surface area contributed by atoms with Crippen LogP contribution in [0.2, 0.25) is 4.34 Å². The largest absolute Gasteiger partial charge is 0.370 e. The first-order chi connectivity index (χ1) is 15.5. The summed E-state index contributed by atoms with van der Waals surface area (Å²) in [6.07, 6.45) is 0. The first kappa shape index (κ1) is 20.7. The molecule has 0 unspecified atom stereocenters. The quantitative estimate of drug-likeness (QED) is 0.624. The van der Waals surface area contributed by atoms with Crippen LogP contribution >= 0.6 is 22.9 Å². The Labute approximate surface area is 193 Å². The van der Waals surface area contributed by atoms with E-state index in [0.717, 1.165) is 16.9 Å². The number of anilines is 3. The molecule has 2 aliphatic heterocycles. The predicted octanol–water partition coefficient (Wildman–Crippen LogP) is 4.18. The lowest BCUT2D eigenvalue weighted by Gasteiger charge is -2.27. The third-order valence-electron chi connectivity index (χ3n) is 5.47. The molecule has 1 saturated heterocycles. The van der Waals surface area contributed by atoms with Gasteiger partial charge in [0.1, 0.15) is 6.61 Å². The number of nitrogens with zero attached hydrogens (tertiary/aromatic N) is 2. The number of hydrogen-bond donors (Lipinski definition) is 1. The van der Waals surface area contributed by atoms with E-state index < -0.39 is 0 Å². The Morgan fingerprint density at radius 2 is 1.75 bits per heavy atom. The van der Waals surface area contributed by atoms with E-state index >= 15 is 0 Å². The highest BCUT2D eigenvalue weighted by atomic mass is 35.5.